The molecule has 1 N–H and O–H groups in total. The molecule has 0 bridgehead atoms. The summed E-state index contributed by atoms with van der Waals surface area (Å²) in [6, 6.07) is 7.38. The zero-order chi connectivity index (χ0) is 31.8. The summed E-state index contributed by atoms with van der Waals surface area (Å²) in [6.07, 6.45) is -9.15. The highest BCUT2D eigenvalue weighted by molar-refractivity contribution is 5.83. The number of halogens is 6. The van der Waals surface area contributed by atoms with Gasteiger partial charge < -0.3 is 28.8 Å². The van der Waals surface area contributed by atoms with E-state index in [1.54, 1.807) is 11.5 Å². The third-order valence-corrected chi connectivity index (χ3v) is 6.72. The van der Waals surface area contributed by atoms with Gasteiger partial charge in [0.05, 0.1) is 28.8 Å². The molecule has 1 aliphatic heterocycles. The minimum Gasteiger partial charge on any atom is -0.466 e. The number of carbonyl (C=O) groups is 1. The first-order chi connectivity index (χ1) is 19.8. The van der Waals surface area contributed by atoms with Crippen molar-refractivity contribution in [1.29, 1.82) is 0 Å². The van der Waals surface area contributed by atoms with E-state index >= 15 is 0 Å². The molecule has 2 heterocycles. The van der Waals surface area contributed by atoms with E-state index in [4.69, 9.17) is 9.47 Å². The maximum Gasteiger partial charge on any atom is 0.573 e. The van der Waals surface area contributed by atoms with E-state index in [1.165, 1.54) is 24.3 Å². The molecule has 0 atom stereocenters. The second-order valence-electron chi connectivity index (χ2n) is 11.5. The zero-order valence-corrected chi connectivity index (χ0v) is 24.3. The number of nitrogens with zero attached hydrogens (tertiary/aromatic N) is 2. The molecule has 0 amide bonds. The fourth-order valence-corrected chi connectivity index (χ4v) is 5.60. The van der Waals surface area contributed by atoms with Crippen molar-refractivity contribution in [3.8, 4) is 11.5 Å². The van der Waals surface area contributed by atoms with E-state index in [-0.39, 0.29) is 37.0 Å². The molecule has 2 aromatic carbocycles. The lowest BCUT2D eigenvalue weighted by molar-refractivity contribution is -0.275. The van der Waals surface area contributed by atoms with Crippen LogP contribution in [0.25, 0.3) is 11.0 Å². The van der Waals surface area contributed by atoms with Crippen LogP contribution in [0.15, 0.2) is 36.4 Å². The van der Waals surface area contributed by atoms with Crippen molar-refractivity contribution < 1.29 is 50.1 Å². The Bertz CT molecular complexity index is 1430. The second-order valence-corrected chi connectivity index (χ2v) is 11.5. The summed E-state index contributed by atoms with van der Waals surface area (Å²) in [5.74, 6) is -1.22. The highest BCUT2D eigenvalue weighted by Gasteiger charge is 2.41. The van der Waals surface area contributed by atoms with Crippen molar-refractivity contribution in [3.05, 3.63) is 42.0 Å². The molecule has 0 spiro atoms. The van der Waals surface area contributed by atoms with Crippen molar-refractivity contribution in [2.75, 3.05) is 11.9 Å². The Balaban J connectivity index is 1.82. The quantitative estimate of drug-likeness (QED) is 0.193. The minimum atomic E-state index is -5.00. The lowest BCUT2D eigenvalue weighted by atomic mass is 9.85. The number of alkyl halides is 6. The van der Waals surface area contributed by atoms with Gasteiger partial charge in [-0.05, 0) is 89.8 Å². The number of carbonyl (C=O) groups excluding carboxylic acids is 1. The van der Waals surface area contributed by atoms with Crippen LogP contribution in [0.5, 0.6) is 11.5 Å². The van der Waals surface area contributed by atoms with E-state index in [0.29, 0.717) is 29.6 Å². The van der Waals surface area contributed by atoms with Gasteiger partial charge in [-0.1, -0.05) is 0 Å². The lowest BCUT2D eigenvalue weighted by Crippen LogP contribution is -2.45. The average Bonchev–Trinajstić information content (AvgIpc) is 3.16. The SMILES string of the molecule is CCOC(=O)CCc1cc2nc(Nc3ccc(OC(F)(F)F)cc3)n(C3CC(C)(C)OC(C)(C)C3)c2cc1OC(F)(F)F. The number of rotatable bonds is 9. The van der Waals surface area contributed by atoms with Gasteiger partial charge in [-0.2, -0.15) is 0 Å². The van der Waals surface area contributed by atoms with Crippen LogP contribution < -0.4 is 14.8 Å². The molecule has 14 heteroatoms. The van der Waals surface area contributed by atoms with Crippen LogP contribution in [-0.4, -0.2) is 46.1 Å². The first-order valence-corrected chi connectivity index (χ1v) is 13.6. The number of aromatic nitrogens is 2. The summed E-state index contributed by atoms with van der Waals surface area (Å²) >= 11 is 0. The zero-order valence-electron chi connectivity index (χ0n) is 24.3. The summed E-state index contributed by atoms with van der Waals surface area (Å²) in [7, 11) is 0. The molecule has 236 valence electrons. The summed E-state index contributed by atoms with van der Waals surface area (Å²) < 4.78 is 99.6. The topological polar surface area (TPSA) is 83.8 Å². The van der Waals surface area contributed by atoms with Crippen molar-refractivity contribution in [2.24, 2.45) is 0 Å². The number of hydrogen-bond donors (Lipinski definition) is 1. The van der Waals surface area contributed by atoms with E-state index in [2.05, 4.69) is 19.8 Å². The maximum absolute atomic E-state index is 13.5. The van der Waals surface area contributed by atoms with Crippen LogP contribution in [0.1, 0.15) is 65.5 Å². The molecule has 0 aliphatic carbocycles. The Morgan fingerprint density at radius 1 is 1.00 bits per heavy atom. The number of imidazole rings is 1. The summed E-state index contributed by atoms with van der Waals surface area (Å²) in [5.41, 5.74) is -0.0581. The van der Waals surface area contributed by atoms with Gasteiger partial charge in [-0.25, -0.2) is 4.98 Å². The third kappa shape index (κ3) is 8.68. The van der Waals surface area contributed by atoms with Gasteiger partial charge in [0.2, 0.25) is 5.95 Å². The number of esters is 1. The van der Waals surface area contributed by atoms with Crippen LogP contribution in [-0.2, 0) is 20.7 Å². The predicted octanol–water partition coefficient (Wildman–Crippen LogP) is 7.98. The number of hydrogen-bond acceptors (Lipinski definition) is 7. The van der Waals surface area contributed by atoms with E-state index in [1.807, 2.05) is 27.7 Å². The van der Waals surface area contributed by atoms with Gasteiger partial charge in [0.15, 0.2) is 0 Å². The van der Waals surface area contributed by atoms with Gasteiger partial charge in [-0.15, -0.1) is 26.3 Å². The average molecular weight is 618 g/mol. The Morgan fingerprint density at radius 3 is 2.16 bits per heavy atom. The molecular weight excluding hydrogens is 584 g/mol. The molecule has 1 aromatic heterocycles. The van der Waals surface area contributed by atoms with Crippen LogP contribution in [0.3, 0.4) is 0 Å². The van der Waals surface area contributed by atoms with E-state index < -0.39 is 41.4 Å². The van der Waals surface area contributed by atoms with Gasteiger partial charge in [0.1, 0.15) is 11.5 Å². The Hall–Kier alpha value is -3.68. The molecule has 8 nitrogen and oxygen atoms in total. The largest absolute Gasteiger partial charge is 0.573 e. The molecule has 0 saturated carbocycles. The van der Waals surface area contributed by atoms with Crippen LogP contribution >= 0.6 is 0 Å². The van der Waals surface area contributed by atoms with Crippen molar-refractivity contribution in [1.82, 2.24) is 9.55 Å². The minimum absolute atomic E-state index is 0.0895. The van der Waals surface area contributed by atoms with Gasteiger partial charge in [0.25, 0.3) is 0 Å². The van der Waals surface area contributed by atoms with Gasteiger partial charge in [-0.3, -0.25) is 4.79 Å². The van der Waals surface area contributed by atoms with Crippen molar-refractivity contribution in [3.63, 3.8) is 0 Å². The molecule has 1 fully saturated rings. The maximum atomic E-state index is 13.5. The Morgan fingerprint density at radius 2 is 1.60 bits per heavy atom. The number of aryl methyl sites for hydroxylation is 1. The molecule has 4 rings (SSSR count). The number of benzene rings is 2. The molecule has 0 radical (unpaired) electrons. The van der Waals surface area contributed by atoms with Gasteiger partial charge >= 0.3 is 18.7 Å². The van der Waals surface area contributed by atoms with Crippen molar-refractivity contribution in [2.45, 2.75) is 90.3 Å². The molecule has 1 saturated heterocycles. The molecule has 0 unspecified atom stereocenters. The number of fused-ring (bicyclic) bond motifs is 1. The number of ether oxygens (including phenoxy) is 4. The summed E-state index contributed by atoms with van der Waals surface area (Å²) in [6.45, 7) is 9.41. The fourth-order valence-electron chi connectivity index (χ4n) is 5.60. The molecular formula is C29H33F6N3O5. The summed E-state index contributed by atoms with van der Waals surface area (Å²) in [5, 5.41) is 3.10. The fraction of sp³-hybridized carbons (Fsp3) is 0.517. The van der Waals surface area contributed by atoms with Crippen LogP contribution in [0.2, 0.25) is 0 Å². The second kappa shape index (κ2) is 11.8. The number of anilines is 2. The molecule has 43 heavy (non-hydrogen) atoms. The molecule has 3 aromatic rings. The first-order valence-electron chi connectivity index (χ1n) is 13.6. The highest BCUT2D eigenvalue weighted by Crippen LogP contribution is 2.45. The van der Waals surface area contributed by atoms with Crippen LogP contribution in [0, 0.1) is 0 Å². The number of nitrogens with one attached hydrogen (secondary N) is 1. The standard InChI is InChI=1S/C29H33F6N3O5/c1-6-40-24(39)12-7-17-13-21-22(14-23(17)42-29(33,34)35)38(19-15-26(2,3)43-27(4,5)16-19)25(37-21)36-18-8-10-20(11-9-18)41-28(30,31)32/h8-11,13-14,19H,6-7,12,15-16H2,1-5H3,(H,36,37). The summed E-state index contributed by atoms with van der Waals surface area (Å²) in [4.78, 5) is 16.6. The lowest BCUT2D eigenvalue weighted by Gasteiger charge is -2.46. The highest BCUT2D eigenvalue weighted by atomic mass is 19.4. The van der Waals surface area contributed by atoms with Crippen LogP contribution in [0.4, 0.5) is 38.0 Å². The van der Waals surface area contributed by atoms with E-state index in [9.17, 15) is 31.1 Å². The Kier molecular flexibility index (Phi) is 8.83. The normalized spacial score (nSPS) is 17.1. The monoisotopic (exact) mass is 617 g/mol. The predicted molar refractivity (Wildman–Crippen MR) is 145 cm³/mol. The molecule has 1 aliphatic rings. The van der Waals surface area contributed by atoms with Gasteiger partial charge in [0, 0.05) is 24.2 Å². The van der Waals surface area contributed by atoms with Crippen molar-refractivity contribution >= 4 is 28.6 Å². The third-order valence-electron chi connectivity index (χ3n) is 6.72. The first kappa shape index (κ1) is 32.2. The Labute approximate surface area is 244 Å². The van der Waals surface area contributed by atoms with E-state index in [0.717, 1.165) is 12.1 Å². The smallest absolute Gasteiger partial charge is 0.466 e.